The van der Waals surface area contributed by atoms with E-state index in [9.17, 15) is 9.59 Å². The van der Waals surface area contributed by atoms with Crippen LogP contribution in [0.2, 0.25) is 5.02 Å². The molecule has 7 nitrogen and oxygen atoms in total. The molecule has 0 radical (unpaired) electrons. The number of hydrogen-bond donors (Lipinski definition) is 4. The largest absolute Gasteiger partial charge is 0.444 e. The second kappa shape index (κ2) is 11.2. The molecule has 0 aliphatic rings. The molecular weight excluding hydrogens is 428 g/mol. The highest BCUT2D eigenvalue weighted by atomic mass is 35.5. The highest BCUT2D eigenvalue weighted by molar-refractivity contribution is 6.31. The lowest BCUT2D eigenvalue weighted by Gasteiger charge is -2.20. The molecule has 2 amide bonds. The lowest BCUT2D eigenvalue weighted by Crippen LogP contribution is -2.31. The van der Waals surface area contributed by atoms with Gasteiger partial charge in [-0.1, -0.05) is 66.2 Å². The number of nitrogens with two attached hydrogens (primary N) is 1. The summed E-state index contributed by atoms with van der Waals surface area (Å²) in [6, 6.07) is 21.1. The first kappa shape index (κ1) is 23.1. The first-order valence-corrected chi connectivity index (χ1v) is 10.4. The van der Waals surface area contributed by atoms with Crippen LogP contribution < -0.4 is 21.7 Å². The van der Waals surface area contributed by atoms with Gasteiger partial charge in [0.25, 0.3) is 0 Å². The van der Waals surface area contributed by atoms with Gasteiger partial charge < -0.3 is 21.1 Å². The van der Waals surface area contributed by atoms with Crippen molar-refractivity contribution in [3.63, 3.8) is 0 Å². The maximum Gasteiger partial charge on any atom is 0.411 e. The number of likely N-dealkylation sites (N-methyl/N-ethyl adjacent to an activating group) is 1. The standard InChI is InChI=1S/C24H25ClN4O3/c1-27-23(30)22(18-9-5-8-17(10-18)14-26)28-20-11-19(25)12-21(13-20)29-24(31)32-15-16-6-3-2-4-7-16/h2-13,22,28H,14-15,26H2,1H3,(H,27,30)(H,29,31)/t22-/m1/s1. The van der Waals surface area contributed by atoms with Crippen molar-refractivity contribution in [3.05, 3.63) is 94.5 Å². The van der Waals surface area contributed by atoms with Crippen molar-refractivity contribution in [1.29, 1.82) is 0 Å². The lowest BCUT2D eigenvalue weighted by atomic mass is 10.0. The van der Waals surface area contributed by atoms with Gasteiger partial charge in [-0.3, -0.25) is 10.1 Å². The van der Waals surface area contributed by atoms with Crippen LogP contribution in [0.15, 0.2) is 72.8 Å². The number of rotatable bonds is 8. The normalized spacial score (nSPS) is 11.3. The number of hydrogen-bond acceptors (Lipinski definition) is 5. The molecular formula is C24H25ClN4O3. The fourth-order valence-electron chi connectivity index (χ4n) is 3.13. The molecule has 0 spiro atoms. The molecule has 0 aromatic heterocycles. The van der Waals surface area contributed by atoms with Gasteiger partial charge in [-0.25, -0.2) is 4.79 Å². The van der Waals surface area contributed by atoms with E-state index in [1.165, 1.54) is 0 Å². The molecule has 0 bridgehead atoms. The van der Waals surface area contributed by atoms with Crippen LogP contribution >= 0.6 is 11.6 Å². The topological polar surface area (TPSA) is 105 Å². The van der Waals surface area contributed by atoms with E-state index in [4.69, 9.17) is 22.1 Å². The van der Waals surface area contributed by atoms with Gasteiger partial charge in [0.1, 0.15) is 12.6 Å². The van der Waals surface area contributed by atoms with Gasteiger partial charge in [-0.15, -0.1) is 0 Å². The summed E-state index contributed by atoms with van der Waals surface area (Å²) >= 11 is 6.25. The molecule has 0 saturated carbocycles. The molecule has 166 valence electrons. The molecule has 3 rings (SSSR count). The summed E-state index contributed by atoms with van der Waals surface area (Å²) < 4.78 is 5.25. The summed E-state index contributed by atoms with van der Waals surface area (Å²) in [5.74, 6) is -0.226. The Morgan fingerprint density at radius 3 is 2.41 bits per heavy atom. The minimum atomic E-state index is -0.678. The Labute approximate surface area is 191 Å². The number of amides is 2. The van der Waals surface area contributed by atoms with Crippen LogP contribution in [0.1, 0.15) is 22.7 Å². The van der Waals surface area contributed by atoms with Crippen molar-refractivity contribution >= 4 is 35.0 Å². The minimum absolute atomic E-state index is 0.147. The van der Waals surface area contributed by atoms with E-state index < -0.39 is 12.1 Å². The maximum atomic E-state index is 12.6. The minimum Gasteiger partial charge on any atom is -0.444 e. The molecule has 0 aliphatic heterocycles. The summed E-state index contributed by atoms with van der Waals surface area (Å²) in [6.45, 7) is 0.513. The van der Waals surface area contributed by atoms with Crippen LogP contribution in [0.4, 0.5) is 16.2 Å². The molecule has 0 heterocycles. The predicted octanol–water partition coefficient (Wildman–Crippen LogP) is 4.45. The Bertz CT molecular complexity index is 1080. The molecule has 0 fully saturated rings. The number of carbonyl (C=O) groups is 2. The molecule has 5 N–H and O–H groups in total. The van der Waals surface area contributed by atoms with Crippen molar-refractivity contribution in [2.24, 2.45) is 5.73 Å². The molecule has 0 saturated heterocycles. The van der Waals surface area contributed by atoms with E-state index in [0.29, 0.717) is 22.9 Å². The highest BCUT2D eigenvalue weighted by Gasteiger charge is 2.20. The first-order valence-electron chi connectivity index (χ1n) is 10.0. The van der Waals surface area contributed by atoms with Crippen molar-refractivity contribution in [2.75, 3.05) is 17.7 Å². The summed E-state index contributed by atoms with van der Waals surface area (Å²) in [6.07, 6.45) is -0.611. The monoisotopic (exact) mass is 452 g/mol. The average molecular weight is 453 g/mol. The average Bonchev–Trinajstić information content (AvgIpc) is 2.81. The van der Waals surface area contributed by atoms with Gasteiger partial charge in [0, 0.05) is 30.0 Å². The Morgan fingerprint density at radius 1 is 0.969 bits per heavy atom. The van der Waals surface area contributed by atoms with Gasteiger partial charge in [-0.05, 0) is 34.9 Å². The van der Waals surface area contributed by atoms with Gasteiger partial charge >= 0.3 is 6.09 Å². The maximum absolute atomic E-state index is 12.6. The summed E-state index contributed by atoms with van der Waals surface area (Å²) in [5.41, 5.74) is 9.27. The lowest BCUT2D eigenvalue weighted by molar-refractivity contribution is -0.121. The summed E-state index contributed by atoms with van der Waals surface area (Å²) in [4.78, 5) is 24.8. The second-order valence-electron chi connectivity index (χ2n) is 7.06. The van der Waals surface area contributed by atoms with Crippen LogP contribution in [-0.2, 0) is 22.7 Å². The van der Waals surface area contributed by atoms with Gasteiger partial charge in [-0.2, -0.15) is 0 Å². The predicted molar refractivity (Wildman–Crippen MR) is 126 cm³/mol. The second-order valence-corrected chi connectivity index (χ2v) is 7.49. The Hall–Kier alpha value is -3.55. The number of benzene rings is 3. The highest BCUT2D eigenvalue weighted by Crippen LogP contribution is 2.27. The zero-order chi connectivity index (χ0) is 22.9. The van der Waals surface area contributed by atoms with Crippen LogP contribution in [0.5, 0.6) is 0 Å². The number of anilines is 2. The molecule has 3 aromatic rings. The summed E-state index contributed by atoms with van der Waals surface area (Å²) in [5, 5.41) is 8.89. The van der Waals surface area contributed by atoms with E-state index >= 15 is 0 Å². The van der Waals surface area contributed by atoms with Gasteiger partial charge in [0.2, 0.25) is 5.91 Å². The molecule has 1 atom stereocenters. The Kier molecular flexibility index (Phi) is 8.08. The summed E-state index contributed by atoms with van der Waals surface area (Å²) in [7, 11) is 1.57. The zero-order valence-electron chi connectivity index (χ0n) is 17.6. The molecule has 3 aromatic carbocycles. The van der Waals surface area contributed by atoms with Crippen LogP contribution in [0.25, 0.3) is 0 Å². The van der Waals surface area contributed by atoms with Gasteiger partial charge in [0.15, 0.2) is 0 Å². The number of ether oxygens (including phenoxy) is 1. The number of carbonyl (C=O) groups excluding carboxylic acids is 2. The molecule has 0 unspecified atom stereocenters. The fourth-order valence-corrected chi connectivity index (χ4v) is 3.37. The van der Waals surface area contributed by atoms with E-state index in [-0.39, 0.29) is 12.5 Å². The van der Waals surface area contributed by atoms with E-state index in [1.807, 2.05) is 54.6 Å². The molecule has 0 aliphatic carbocycles. The molecule has 32 heavy (non-hydrogen) atoms. The molecule has 8 heteroatoms. The number of halogens is 1. The van der Waals surface area contributed by atoms with Gasteiger partial charge in [0.05, 0.1) is 0 Å². The van der Waals surface area contributed by atoms with Crippen LogP contribution in [0.3, 0.4) is 0 Å². The van der Waals surface area contributed by atoms with Crippen molar-refractivity contribution in [3.8, 4) is 0 Å². The van der Waals surface area contributed by atoms with Crippen LogP contribution in [0, 0.1) is 0 Å². The zero-order valence-corrected chi connectivity index (χ0v) is 18.4. The Balaban J connectivity index is 1.74. The quantitative estimate of drug-likeness (QED) is 0.404. The smallest absolute Gasteiger partial charge is 0.411 e. The fraction of sp³-hybridized carbons (Fsp3) is 0.167. The van der Waals surface area contributed by atoms with Crippen molar-refractivity contribution in [2.45, 2.75) is 19.2 Å². The third-order valence-electron chi connectivity index (χ3n) is 4.70. The first-order chi connectivity index (χ1) is 15.5. The van der Waals surface area contributed by atoms with E-state index in [2.05, 4.69) is 16.0 Å². The third kappa shape index (κ3) is 6.47. The SMILES string of the molecule is CNC(=O)[C@H](Nc1cc(Cl)cc(NC(=O)OCc2ccccc2)c1)c1cccc(CN)c1. The van der Waals surface area contributed by atoms with Crippen molar-refractivity contribution < 1.29 is 14.3 Å². The third-order valence-corrected chi connectivity index (χ3v) is 4.91. The van der Waals surface area contributed by atoms with E-state index in [1.54, 1.807) is 25.2 Å². The Morgan fingerprint density at radius 2 is 1.69 bits per heavy atom. The van der Waals surface area contributed by atoms with E-state index in [0.717, 1.165) is 16.7 Å². The van der Waals surface area contributed by atoms with Crippen molar-refractivity contribution in [1.82, 2.24) is 5.32 Å². The van der Waals surface area contributed by atoms with Crippen LogP contribution in [-0.4, -0.2) is 19.0 Å². The number of nitrogens with one attached hydrogen (secondary N) is 3.